The standard InChI is InChI=1S/C10H14N2O2/c1-6-7(2)12-10(8(3)11-6)5-14-9(4)13/h5H2,1-4H3/i12+1. The Kier molecular flexibility index (Phi) is 3.17. The minimum Gasteiger partial charge on any atom is -0.459 e. The number of hydrogen-bond donors (Lipinski definition) is 0. The molecule has 76 valence electrons. The summed E-state index contributed by atoms with van der Waals surface area (Å²) in [5, 5.41) is 0. The van der Waals surface area contributed by atoms with Crippen molar-refractivity contribution in [2.45, 2.75) is 34.3 Å². The molecule has 0 atom stereocenters. The van der Waals surface area contributed by atoms with Crippen LogP contribution in [0.4, 0.5) is 0 Å². The lowest BCUT2D eigenvalue weighted by Crippen LogP contribution is -2.06. The van der Waals surface area contributed by atoms with E-state index in [2.05, 4.69) is 9.97 Å². The first-order valence-corrected chi connectivity index (χ1v) is 4.44. The van der Waals surface area contributed by atoms with Crippen LogP contribution in [-0.4, -0.2) is 15.9 Å². The number of nitrogens with zero attached hydrogens (tertiary/aromatic N) is 2. The lowest BCUT2D eigenvalue weighted by Gasteiger charge is -2.07. The molecular formula is C10H14N2O2. The molecule has 4 nitrogen and oxygen atoms in total. The van der Waals surface area contributed by atoms with E-state index in [9.17, 15) is 4.79 Å². The number of aromatic nitrogens is 2. The minimum atomic E-state index is -0.301. The summed E-state index contributed by atoms with van der Waals surface area (Å²) in [6, 6.07) is 0. The molecule has 1 rings (SSSR count). The van der Waals surface area contributed by atoms with E-state index in [4.69, 9.17) is 4.74 Å². The van der Waals surface area contributed by atoms with Crippen LogP contribution in [0.1, 0.15) is 29.7 Å². The third-order valence-corrected chi connectivity index (χ3v) is 1.99. The van der Waals surface area contributed by atoms with Gasteiger partial charge in [0.05, 0.1) is 22.8 Å². The first-order valence-electron chi connectivity index (χ1n) is 4.44. The first kappa shape index (κ1) is 10.6. The highest BCUT2D eigenvalue weighted by atomic mass is 16.5. The number of carbonyl (C=O) groups excluding carboxylic acids is 1. The van der Waals surface area contributed by atoms with Gasteiger partial charge in [-0.15, -0.1) is 0 Å². The lowest BCUT2D eigenvalue weighted by molar-refractivity contribution is -0.142. The summed E-state index contributed by atoms with van der Waals surface area (Å²) in [7, 11) is 0. The third-order valence-electron chi connectivity index (χ3n) is 1.99. The van der Waals surface area contributed by atoms with Gasteiger partial charge in [0, 0.05) is 6.92 Å². The molecule has 1 aromatic heterocycles. The molecule has 0 radical (unpaired) electrons. The summed E-state index contributed by atoms with van der Waals surface area (Å²) in [6.45, 7) is 7.24. The molecule has 0 unspecified atom stereocenters. The molecule has 0 N–H and O–H groups in total. The highest BCUT2D eigenvalue weighted by molar-refractivity contribution is 5.65. The van der Waals surface area contributed by atoms with Gasteiger partial charge in [-0.25, -0.2) is 0 Å². The van der Waals surface area contributed by atoms with Crippen LogP contribution in [0.2, 0.25) is 0 Å². The van der Waals surface area contributed by atoms with Gasteiger partial charge in [-0.3, -0.25) is 14.8 Å². The number of rotatable bonds is 2. The van der Waals surface area contributed by atoms with Gasteiger partial charge in [0.2, 0.25) is 0 Å². The maximum Gasteiger partial charge on any atom is 0.303 e. The van der Waals surface area contributed by atoms with Gasteiger partial charge in [-0.05, 0) is 20.8 Å². The molecule has 4 heteroatoms. The van der Waals surface area contributed by atoms with Crippen molar-refractivity contribution >= 4 is 5.97 Å². The summed E-state index contributed by atoms with van der Waals surface area (Å²) in [5.74, 6) is -0.301. The molecule has 0 saturated carbocycles. The summed E-state index contributed by atoms with van der Waals surface area (Å²) in [5.41, 5.74) is 3.32. The van der Waals surface area contributed by atoms with Crippen LogP contribution in [0, 0.1) is 20.8 Å². The molecule has 14 heavy (non-hydrogen) atoms. The zero-order valence-electron chi connectivity index (χ0n) is 8.92. The van der Waals surface area contributed by atoms with Crippen molar-refractivity contribution in [1.82, 2.24) is 9.97 Å². The number of hydrogen-bond acceptors (Lipinski definition) is 4. The van der Waals surface area contributed by atoms with Crippen LogP contribution in [0.3, 0.4) is 0 Å². The zero-order valence-corrected chi connectivity index (χ0v) is 8.92. The second-order valence-corrected chi connectivity index (χ2v) is 3.21. The van der Waals surface area contributed by atoms with E-state index >= 15 is 0 Å². The topological polar surface area (TPSA) is 52.1 Å². The molecule has 0 aromatic carbocycles. The SMILES string of the molecule is CC(=O)OCc1[15n]c(C)c(C)nc1C. The van der Waals surface area contributed by atoms with Gasteiger partial charge in [-0.2, -0.15) is 0 Å². The summed E-state index contributed by atoms with van der Waals surface area (Å²) in [6.07, 6.45) is 0. The van der Waals surface area contributed by atoms with Crippen molar-refractivity contribution in [3.05, 3.63) is 22.8 Å². The van der Waals surface area contributed by atoms with Crippen molar-refractivity contribution in [2.24, 2.45) is 0 Å². The molecule has 1 heterocycles. The number of carbonyl (C=O) groups is 1. The highest BCUT2D eigenvalue weighted by Gasteiger charge is 2.06. The second kappa shape index (κ2) is 4.17. The molecule has 0 aliphatic heterocycles. The van der Waals surface area contributed by atoms with Crippen molar-refractivity contribution < 1.29 is 9.53 Å². The fraction of sp³-hybridized carbons (Fsp3) is 0.500. The van der Waals surface area contributed by atoms with E-state index in [1.807, 2.05) is 20.8 Å². The van der Waals surface area contributed by atoms with Crippen molar-refractivity contribution in [1.29, 1.82) is 0 Å². The summed E-state index contributed by atoms with van der Waals surface area (Å²) < 4.78 is 4.86. The predicted molar refractivity (Wildman–Crippen MR) is 51.7 cm³/mol. The van der Waals surface area contributed by atoms with Crippen LogP contribution in [-0.2, 0) is 16.1 Å². The molecule has 0 aliphatic carbocycles. The van der Waals surface area contributed by atoms with E-state index in [-0.39, 0.29) is 12.6 Å². The molecule has 0 saturated heterocycles. The molecule has 0 amide bonds. The monoisotopic (exact) mass is 195 g/mol. The second-order valence-electron chi connectivity index (χ2n) is 3.21. The molecule has 0 spiro atoms. The number of aryl methyl sites for hydroxylation is 3. The van der Waals surface area contributed by atoms with Gasteiger partial charge in [0.25, 0.3) is 0 Å². The zero-order chi connectivity index (χ0) is 10.7. The van der Waals surface area contributed by atoms with Gasteiger partial charge < -0.3 is 4.74 Å². The van der Waals surface area contributed by atoms with Crippen molar-refractivity contribution in [3.8, 4) is 0 Å². The van der Waals surface area contributed by atoms with E-state index in [0.29, 0.717) is 0 Å². The van der Waals surface area contributed by atoms with Crippen LogP contribution in [0.25, 0.3) is 0 Å². The third kappa shape index (κ3) is 2.52. The predicted octanol–water partition coefficient (Wildman–Crippen LogP) is 1.46. The first-order chi connectivity index (χ1) is 6.50. The van der Waals surface area contributed by atoms with Crippen LogP contribution >= 0.6 is 0 Å². The fourth-order valence-electron chi connectivity index (χ4n) is 1.07. The molecular weight excluding hydrogens is 181 g/mol. The fourth-order valence-corrected chi connectivity index (χ4v) is 1.07. The van der Waals surface area contributed by atoms with Gasteiger partial charge in [0.1, 0.15) is 6.61 Å². The van der Waals surface area contributed by atoms with E-state index in [1.54, 1.807) is 0 Å². The summed E-state index contributed by atoms with van der Waals surface area (Å²) >= 11 is 0. The Bertz CT molecular complexity index is 361. The quantitative estimate of drug-likeness (QED) is 0.670. The van der Waals surface area contributed by atoms with E-state index < -0.39 is 0 Å². The van der Waals surface area contributed by atoms with Crippen LogP contribution in [0.15, 0.2) is 0 Å². The Morgan fingerprint density at radius 3 is 2.29 bits per heavy atom. The Morgan fingerprint density at radius 1 is 1.14 bits per heavy atom. The normalized spacial score (nSPS) is 10.0. The average Bonchev–Trinajstić information content (AvgIpc) is 2.09. The van der Waals surface area contributed by atoms with Crippen LogP contribution in [0.5, 0.6) is 0 Å². The average molecular weight is 195 g/mol. The Labute approximate surface area is 83.3 Å². The Balaban J connectivity index is 2.87. The van der Waals surface area contributed by atoms with Gasteiger partial charge in [-0.1, -0.05) is 0 Å². The van der Waals surface area contributed by atoms with E-state index in [0.717, 1.165) is 22.8 Å². The molecule has 0 aliphatic rings. The maximum absolute atomic E-state index is 10.6. The summed E-state index contributed by atoms with van der Waals surface area (Å²) in [4.78, 5) is 19.2. The Morgan fingerprint density at radius 2 is 1.71 bits per heavy atom. The van der Waals surface area contributed by atoms with Gasteiger partial charge in [0.15, 0.2) is 0 Å². The van der Waals surface area contributed by atoms with Crippen LogP contribution < -0.4 is 0 Å². The maximum atomic E-state index is 10.6. The smallest absolute Gasteiger partial charge is 0.303 e. The minimum absolute atomic E-state index is 0.204. The molecule has 0 bridgehead atoms. The number of esters is 1. The van der Waals surface area contributed by atoms with Crippen molar-refractivity contribution in [3.63, 3.8) is 0 Å². The molecule has 0 fully saturated rings. The number of ether oxygens (including phenoxy) is 1. The molecule has 1 aromatic rings. The van der Waals surface area contributed by atoms with Gasteiger partial charge >= 0.3 is 5.97 Å². The lowest BCUT2D eigenvalue weighted by atomic mass is 10.3. The van der Waals surface area contributed by atoms with Crippen molar-refractivity contribution in [2.75, 3.05) is 0 Å². The highest BCUT2D eigenvalue weighted by Crippen LogP contribution is 2.07. The Hall–Kier alpha value is -1.45. The van der Waals surface area contributed by atoms with E-state index in [1.165, 1.54) is 6.92 Å². The largest absolute Gasteiger partial charge is 0.459 e.